The predicted molar refractivity (Wildman–Crippen MR) is 107 cm³/mol. The number of nitrogens with zero attached hydrogens (tertiary/aromatic N) is 2. The maximum Gasteiger partial charge on any atom is 0.411 e. The van der Waals surface area contributed by atoms with E-state index in [2.05, 4.69) is 16.1 Å². The number of aryl methyl sites for hydroxylation is 2. The van der Waals surface area contributed by atoms with E-state index in [0.29, 0.717) is 18.7 Å². The third-order valence-electron chi connectivity index (χ3n) is 4.68. The number of carbonyl (C=O) groups excluding carboxylic acids is 2. The minimum Gasteiger partial charge on any atom is -1.00 e. The van der Waals surface area contributed by atoms with Crippen LogP contribution in [0, 0.1) is 0 Å². The predicted octanol–water partition coefficient (Wildman–Crippen LogP) is 0.584. The van der Waals surface area contributed by atoms with Gasteiger partial charge in [0.1, 0.15) is 0 Å². The van der Waals surface area contributed by atoms with E-state index in [0.717, 1.165) is 35.3 Å². The van der Waals surface area contributed by atoms with E-state index in [9.17, 15) is 9.59 Å². The standard InChI is InChI=1S/C21H25N3O3.ClH/c1-23(2)13-12-20(25)24-18-7-5-4-6-15(18)8-9-16-10-11-17(14-19(16)24)22-21(26)27-3;/h4-7,10-11,14H,8-9,12-13H2,1-3H3,(H,22,26);1H/p-1. The number of para-hydroxylation sites is 1. The lowest BCUT2D eigenvalue weighted by molar-refractivity contribution is -0.118. The number of hydrogen-bond acceptors (Lipinski definition) is 4. The number of anilines is 3. The van der Waals surface area contributed by atoms with Gasteiger partial charge in [-0.2, -0.15) is 0 Å². The highest BCUT2D eigenvalue weighted by Crippen LogP contribution is 2.38. The van der Waals surface area contributed by atoms with Gasteiger partial charge in [-0.1, -0.05) is 24.3 Å². The molecular weight excluding hydrogens is 378 g/mol. The molecule has 0 saturated carbocycles. The third kappa shape index (κ3) is 4.82. The summed E-state index contributed by atoms with van der Waals surface area (Å²) in [6.07, 6.45) is 1.58. The Morgan fingerprint density at radius 1 is 1.07 bits per heavy atom. The molecule has 0 bridgehead atoms. The molecule has 1 N–H and O–H groups in total. The Hall–Kier alpha value is -2.57. The minimum atomic E-state index is -0.533. The fourth-order valence-electron chi connectivity index (χ4n) is 3.27. The zero-order valence-electron chi connectivity index (χ0n) is 16.4. The van der Waals surface area contributed by atoms with E-state index in [1.165, 1.54) is 7.11 Å². The van der Waals surface area contributed by atoms with Crippen molar-refractivity contribution in [1.82, 2.24) is 4.90 Å². The lowest BCUT2D eigenvalue weighted by Crippen LogP contribution is -3.00. The number of nitrogens with one attached hydrogen (secondary N) is 1. The Labute approximate surface area is 171 Å². The van der Waals surface area contributed by atoms with Gasteiger partial charge >= 0.3 is 6.09 Å². The van der Waals surface area contributed by atoms with Crippen molar-refractivity contribution in [2.24, 2.45) is 0 Å². The summed E-state index contributed by atoms with van der Waals surface area (Å²) < 4.78 is 4.68. The molecule has 28 heavy (non-hydrogen) atoms. The van der Waals surface area contributed by atoms with Gasteiger partial charge in [0.2, 0.25) is 5.91 Å². The van der Waals surface area contributed by atoms with Gasteiger partial charge in [-0.05, 0) is 56.3 Å². The molecule has 150 valence electrons. The third-order valence-corrected chi connectivity index (χ3v) is 4.68. The molecule has 2 amide bonds. The first-order valence-corrected chi connectivity index (χ1v) is 9.03. The summed E-state index contributed by atoms with van der Waals surface area (Å²) >= 11 is 0. The number of ether oxygens (including phenoxy) is 1. The average Bonchev–Trinajstić information content (AvgIpc) is 2.82. The molecule has 0 radical (unpaired) electrons. The number of benzene rings is 2. The summed E-state index contributed by atoms with van der Waals surface area (Å²) in [5, 5.41) is 2.69. The van der Waals surface area contributed by atoms with Gasteiger partial charge in [-0.25, -0.2) is 4.79 Å². The van der Waals surface area contributed by atoms with Gasteiger partial charge in [0.15, 0.2) is 0 Å². The first-order chi connectivity index (χ1) is 13.0. The fraction of sp³-hybridized carbons (Fsp3) is 0.333. The number of hydrogen-bond donors (Lipinski definition) is 1. The molecule has 0 saturated heterocycles. The van der Waals surface area contributed by atoms with E-state index >= 15 is 0 Å². The van der Waals surface area contributed by atoms with Crippen LogP contribution in [0.3, 0.4) is 0 Å². The summed E-state index contributed by atoms with van der Waals surface area (Å²) in [5.74, 6) is 0.0366. The largest absolute Gasteiger partial charge is 1.00 e. The van der Waals surface area contributed by atoms with Crippen molar-refractivity contribution in [2.45, 2.75) is 19.3 Å². The Balaban J connectivity index is 0.00000280. The number of halogens is 1. The highest BCUT2D eigenvalue weighted by atomic mass is 35.5. The second-order valence-electron chi connectivity index (χ2n) is 6.87. The fourth-order valence-corrected chi connectivity index (χ4v) is 3.27. The molecule has 7 heteroatoms. The smallest absolute Gasteiger partial charge is 0.411 e. The van der Waals surface area contributed by atoms with Crippen molar-refractivity contribution >= 4 is 29.1 Å². The molecule has 6 nitrogen and oxygen atoms in total. The molecule has 0 aromatic heterocycles. The van der Waals surface area contributed by atoms with Crippen LogP contribution < -0.4 is 22.6 Å². The molecule has 1 aliphatic heterocycles. The molecule has 0 atom stereocenters. The van der Waals surface area contributed by atoms with Crippen LogP contribution in [0.5, 0.6) is 0 Å². The van der Waals surface area contributed by atoms with Gasteiger partial charge in [-0.15, -0.1) is 0 Å². The van der Waals surface area contributed by atoms with Crippen LogP contribution in [0.2, 0.25) is 0 Å². The SMILES string of the molecule is COC(=O)Nc1ccc2c(c1)N(C(=O)CCN(C)C)c1ccccc1CC2.[Cl-]. The van der Waals surface area contributed by atoms with Crippen LogP contribution in [0.25, 0.3) is 0 Å². The zero-order chi connectivity index (χ0) is 19.4. The van der Waals surface area contributed by atoms with Crippen LogP contribution in [-0.2, 0) is 22.4 Å². The van der Waals surface area contributed by atoms with E-state index in [1.807, 2.05) is 55.4 Å². The number of amides is 2. The molecule has 3 rings (SSSR count). The lowest BCUT2D eigenvalue weighted by atomic mass is 10.0. The van der Waals surface area contributed by atoms with Crippen LogP contribution in [0.15, 0.2) is 42.5 Å². The van der Waals surface area contributed by atoms with Crippen LogP contribution in [-0.4, -0.2) is 44.7 Å². The van der Waals surface area contributed by atoms with E-state index < -0.39 is 6.09 Å². The quantitative estimate of drug-likeness (QED) is 0.812. The molecule has 1 heterocycles. The number of carbonyl (C=O) groups is 2. The highest BCUT2D eigenvalue weighted by molar-refractivity contribution is 6.03. The monoisotopic (exact) mass is 402 g/mol. The maximum atomic E-state index is 13.2. The Kier molecular flexibility index (Phi) is 7.43. The molecule has 0 spiro atoms. The summed E-state index contributed by atoms with van der Waals surface area (Å²) in [4.78, 5) is 28.5. The summed E-state index contributed by atoms with van der Waals surface area (Å²) in [6.45, 7) is 0.674. The topological polar surface area (TPSA) is 61.9 Å². The Morgan fingerprint density at radius 3 is 2.43 bits per heavy atom. The second kappa shape index (κ2) is 9.57. The molecule has 0 unspecified atom stereocenters. The van der Waals surface area contributed by atoms with Gasteiger partial charge in [0, 0.05) is 18.7 Å². The Morgan fingerprint density at radius 2 is 1.75 bits per heavy atom. The minimum absolute atomic E-state index is 0. The van der Waals surface area contributed by atoms with Crippen molar-refractivity contribution in [3.8, 4) is 0 Å². The lowest BCUT2D eigenvalue weighted by Gasteiger charge is -2.26. The van der Waals surface area contributed by atoms with Gasteiger partial charge in [-0.3, -0.25) is 15.0 Å². The van der Waals surface area contributed by atoms with E-state index in [1.54, 1.807) is 4.90 Å². The molecule has 2 aromatic rings. The average molecular weight is 403 g/mol. The van der Waals surface area contributed by atoms with Crippen molar-refractivity contribution in [3.05, 3.63) is 53.6 Å². The van der Waals surface area contributed by atoms with Crippen molar-refractivity contribution in [3.63, 3.8) is 0 Å². The van der Waals surface area contributed by atoms with Gasteiger partial charge in [0.05, 0.1) is 18.5 Å². The summed E-state index contributed by atoms with van der Waals surface area (Å²) in [7, 11) is 5.23. The van der Waals surface area contributed by atoms with Gasteiger partial charge in [0.25, 0.3) is 0 Å². The van der Waals surface area contributed by atoms with Crippen LogP contribution in [0.4, 0.5) is 21.9 Å². The Bertz CT molecular complexity index is 855. The highest BCUT2D eigenvalue weighted by Gasteiger charge is 2.26. The normalized spacial score (nSPS) is 12.4. The number of fused-ring (bicyclic) bond motifs is 2. The molecule has 1 aliphatic rings. The molecule has 2 aromatic carbocycles. The number of methoxy groups -OCH3 is 1. The van der Waals surface area contributed by atoms with Gasteiger partial charge < -0.3 is 22.0 Å². The maximum absolute atomic E-state index is 13.2. The molecular formula is C21H25ClN3O3-. The number of rotatable bonds is 4. The second-order valence-corrected chi connectivity index (χ2v) is 6.87. The van der Waals surface area contributed by atoms with Crippen molar-refractivity contribution in [1.29, 1.82) is 0 Å². The summed E-state index contributed by atoms with van der Waals surface area (Å²) in [5.41, 5.74) is 4.56. The summed E-state index contributed by atoms with van der Waals surface area (Å²) in [6, 6.07) is 13.7. The van der Waals surface area contributed by atoms with Crippen LogP contribution in [0.1, 0.15) is 17.5 Å². The molecule has 0 aliphatic carbocycles. The van der Waals surface area contributed by atoms with E-state index in [-0.39, 0.29) is 18.3 Å². The first kappa shape index (κ1) is 21.7. The zero-order valence-corrected chi connectivity index (χ0v) is 17.1. The van der Waals surface area contributed by atoms with Crippen molar-refractivity contribution in [2.75, 3.05) is 38.0 Å². The van der Waals surface area contributed by atoms with E-state index in [4.69, 9.17) is 0 Å². The van der Waals surface area contributed by atoms with Crippen LogP contribution >= 0.6 is 0 Å². The van der Waals surface area contributed by atoms with Crippen molar-refractivity contribution < 1.29 is 26.7 Å². The molecule has 0 fully saturated rings. The first-order valence-electron chi connectivity index (χ1n) is 9.03.